The van der Waals surface area contributed by atoms with Crippen molar-refractivity contribution in [1.29, 1.82) is 0 Å². The summed E-state index contributed by atoms with van der Waals surface area (Å²) in [5, 5.41) is 2.61. The van der Waals surface area contributed by atoms with Crippen LogP contribution < -0.4 is 5.32 Å². The molecule has 0 atom stereocenters. The third kappa shape index (κ3) is 2.54. The van der Waals surface area contributed by atoms with Crippen LogP contribution in [0.5, 0.6) is 0 Å². The Morgan fingerprint density at radius 2 is 2.00 bits per heavy atom. The number of Topliss-reactive ketones (excluding diaryl/α,β-unsaturated/α-hetero) is 1. The molecule has 0 aliphatic heterocycles. The van der Waals surface area contributed by atoms with E-state index in [4.69, 9.17) is 0 Å². The summed E-state index contributed by atoms with van der Waals surface area (Å²) in [5.74, 6) is -0.919. The van der Waals surface area contributed by atoms with Crippen LogP contribution in [-0.2, 0) is 17.6 Å². The average molecular weight is 231 g/mol. The van der Waals surface area contributed by atoms with Crippen LogP contribution in [0.2, 0.25) is 0 Å². The number of hydrogen-bond donors (Lipinski definition) is 1. The predicted octanol–water partition coefficient (Wildman–Crippen LogP) is 1.88. The maximum Gasteiger partial charge on any atom is 0.292 e. The molecule has 1 aliphatic rings. The molecule has 0 saturated heterocycles. The molecule has 17 heavy (non-hydrogen) atoms. The molecule has 0 unspecified atom stereocenters. The first kappa shape index (κ1) is 11.8. The van der Waals surface area contributed by atoms with E-state index in [2.05, 4.69) is 5.32 Å². The van der Waals surface area contributed by atoms with Gasteiger partial charge in [0.15, 0.2) is 0 Å². The van der Waals surface area contributed by atoms with E-state index in [1.807, 2.05) is 19.1 Å². The van der Waals surface area contributed by atoms with Gasteiger partial charge < -0.3 is 5.32 Å². The number of aryl methyl sites for hydroxylation is 2. The van der Waals surface area contributed by atoms with Crippen molar-refractivity contribution in [2.45, 2.75) is 32.6 Å². The van der Waals surface area contributed by atoms with Crippen LogP contribution in [0.4, 0.5) is 0 Å². The van der Waals surface area contributed by atoms with Crippen LogP contribution >= 0.6 is 0 Å². The van der Waals surface area contributed by atoms with Crippen LogP contribution in [0.1, 0.15) is 41.3 Å². The van der Waals surface area contributed by atoms with Gasteiger partial charge in [-0.05, 0) is 42.9 Å². The largest absolute Gasteiger partial charge is 0.349 e. The fourth-order valence-electron chi connectivity index (χ4n) is 2.16. The fraction of sp³-hybridized carbons (Fsp3) is 0.429. The minimum absolute atomic E-state index is 0.423. The van der Waals surface area contributed by atoms with Crippen LogP contribution in [0, 0.1) is 0 Å². The second-order valence-corrected chi connectivity index (χ2v) is 4.42. The molecule has 1 aromatic rings. The Hall–Kier alpha value is -1.64. The van der Waals surface area contributed by atoms with Crippen molar-refractivity contribution in [1.82, 2.24) is 5.32 Å². The fourth-order valence-corrected chi connectivity index (χ4v) is 2.16. The summed E-state index contributed by atoms with van der Waals surface area (Å²) < 4.78 is 0. The second-order valence-electron chi connectivity index (χ2n) is 4.42. The molecule has 0 radical (unpaired) electrons. The minimum Gasteiger partial charge on any atom is -0.349 e. The molecule has 90 valence electrons. The lowest BCUT2D eigenvalue weighted by molar-refractivity contribution is -0.116. The number of rotatable bonds is 4. The highest BCUT2D eigenvalue weighted by Gasteiger charge is 2.18. The highest BCUT2D eigenvalue weighted by atomic mass is 16.2. The maximum absolute atomic E-state index is 11.8. The van der Waals surface area contributed by atoms with Crippen molar-refractivity contribution in [3.8, 4) is 0 Å². The van der Waals surface area contributed by atoms with Gasteiger partial charge in [0.05, 0.1) is 0 Å². The summed E-state index contributed by atoms with van der Waals surface area (Å²) >= 11 is 0. The standard InChI is InChI=1S/C14H17NO2/c1-2-8-15-14(17)13(16)12-7-6-10-4-3-5-11(10)9-12/h6-7,9H,2-5,8H2,1H3,(H,15,17). The normalized spacial score (nSPS) is 13.2. The molecular weight excluding hydrogens is 214 g/mol. The Morgan fingerprint density at radius 1 is 1.24 bits per heavy atom. The summed E-state index contributed by atoms with van der Waals surface area (Å²) in [6, 6.07) is 5.61. The van der Waals surface area contributed by atoms with Crippen molar-refractivity contribution in [3.63, 3.8) is 0 Å². The molecule has 0 bridgehead atoms. The number of benzene rings is 1. The van der Waals surface area contributed by atoms with E-state index in [0.29, 0.717) is 12.1 Å². The summed E-state index contributed by atoms with van der Waals surface area (Å²) in [4.78, 5) is 23.4. The van der Waals surface area contributed by atoms with Crippen molar-refractivity contribution >= 4 is 11.7 Å². The van der Waals surface area contributed by atoms with Gasteiger partial charge in [0, 0.05) is 12.1 Å². The Kier molecular flexibility index (Phi) is 3.57. The lowest BCUT2D eigenvalue weighted by atomic mass is 10.0. The molecule has 3 nitrogen and oxygen atoms in total. The third-order valence-corrected chi connectivity index (χ3v) is 3.10. The number of amides is 1. The molecule has 0 spiro atoms. The summed E-state index contributed by atoms with van der Waals surface area (Å²) in [5.41, 5.74) is 3.05. The predicted molar refractivity (Wildman–Crippen MR) is 66.1 cm³/mol. The SMILES string of the molecule is CCCNC(=O)C(=O)c1ccc2c(c1)CCC2. The van der Waals surface area contributed by atoms with Crippen molar-refractivity contribution in [2.75, 3.05) is 6.54 Å². The zero-order valence-electron chi connectivity index (χ0n) is 10.1. The smallest absolute Gasteiger partial charge is 0.292 e. The molecule has 1 N–H and O–H groups in total. The quantitative estimate of drug-likeness (QED) is 0.635. The van der Waals surface area contributed by atoms with Gasteiger partial charge in [0.2, 0.25) is 5.78 Å². The number of ketones is 1. The molecule has 1 aromatic carbocycles. The van der Waals surface area contributed by atoms with Gasteiger partial charge >= 0.3 is 0 Å². The zero-order chi connectivity index (χ0) is 12.3. The highest BCUT2D eigenvalue weighted by Crippen LogP contribution is 2.22. The van der Waals surface area contributed by atoms with Gasteiger partial charge in [-0.1, -0.05) is 19.1 Å². The molecule has 0 heterocycles. The summed E-state index contributed by atoms with van der Waals surface area (Å²) in [6.45, 7) is 2.51. The molecule has 3 heteroatoms. The van der Waals surface area contributed by atoms with E-state index >= 15 is 0 Å². The van der Waals surface area contributed by atoms with Gasteiger partial charge in [-0.25, -0.2) is 0 Å². The molecule has 1 aliphatic carbocycles. The molecular formula is C14H17NO2. The van der Waals surface area contributed by atoms with Gasteiger partial charge in [-0.2, -0.15) is 0 Å². The molecule has 0 aromatic heterocycles. The molecule has 0 fully saturated rings. The van der Waals surface area contributed by atoms with E-state index in [1.165, 1.54) is 11.1 Å². The van der Waals surface area contributed by atoms with Crippen molar-refractivity contribution in [2.24, 2.45) is 0 Å². The van der Waals surface area contributed by atoms with Crippen LogP contribution in [0.3, 0.4) is 0 Å². The molecule has 1 amide bonds. The maximum atomic E-state index is 11.8. The lowest BCUT2D eigenvalue weighted by Gasteiger charge is -2.05. The van der Waals surface area contributed by atoms with Gasteiger partial charge in [-0.3, -0.25) is 9.59 Å². The lowest BCUT2D eigenvalue weighted by Crippen LogP contribution is -2.31. The average Bonchev–Trinajstić information content (AvgIpc) is 2.81. The Morgan fingerprint density at radius 3 is 2.76 bits per heavy atom. The van der Waals surface area contributed by atoms with Crippen LogP contribution in [0.25, 0.3) is 0 Å². The highest BCUT2D eigenvalue weighted by molar-refractivity contribution is 6.42. The molecule has 2 rings (SSSR count). The summed E-state index contributed by atoms with van der Waals surface area (Å²) in [7, 11) is 0. The topological polar surface area (TPSA) is 46.2 Å². The second kappa shape index (κ2) is 5.13. The zero-order valence-corrected chi connectivity index (χ0v) is 10.1. The first-order valence-electron chi connectivity index (χ1n) is 6.16. The number of fused-ring (bicyclic) bond motifs is 1. The van der Waals surface area contributed by atoms with Gasteiger partial charge in [0.25, 0.3) is 5.91 Å². The van der Waals surface area contributed by atoms with E-state index < -0.39 is 11.7 Å². The van der Waals surface area contributed by atoms with E-state index in [9.17, 15) is 9.59 Å². The van der Waals surface area contributed by atoms with Crippen LogP contribution in [-0.4, -0.2) is 18.2 Å². The monoisotopic (exact) mass is 231 g/mol. The van der Waals surface area contributed by atoms with Crippen LogP contribution in [0.15, 0.2) is 18.2 Å². The van der Waals surface area contributed by atoms with E-state index in [1.54, 1.807) is 6.07 Å². The summed E-state index contributed by atoms with van der Waals surface area (Å²) in [6.07, 6.45) is 4.09. The minimum atomic E-state index is -0.496. The number of carbonyl (C=O) groups excluding carboxylic acids is 2. The number of hydrogen-bond acceptors (Lipinski definition) is 2. The Balaban J connectivity index is 2.12. The number of carbonyl (C=O) groups is 2. The van der Waals surface area contributed by atoms with Crippen molar-refractivity contribution in [3.05, 3.63) is 34.9 Å². The van der Waals surface area contributed by atoms with Gasteiger partial charge in [0.1, 0.15) is 0 Å². The first-order valence-corrected chi connectivity index (χ1v) is 6.16. The first-order chi connectivity index (χ1) is 8.22. The Labute approximate surface area is 101 Å². The Bertz CT molecular complexity index is 452. The molecule has 0 saturated carbocycles. The van der Waals surface area contributed by atoms with Gasteiger partial charge in [-0.15, -0.1) is 0 Å². The third-order valence-electron chi connectivity index (χ3n) is 3.10. The van der Waals surface area contributed by atoms with E-state index in [-0.39, 0.29) is 0 Å². The van der Waals surface area contributed by atoms with E-state index in [0.717, 1.165) is 25.7 Å². The number of nitrogens with one attached hydrogen (secondary N) is 1. The van der Waals surface area contributed by atoms with Crippen molar-refractivity contribution < 1.29 is 9.59 Å².